The zero-order valence-corrected chi connectivity index (χ0v) is 14.3. The maximum Gasteiger partial charge on any atom is 0.323 e. The highest BCUT2D eigenvalue weighted by Crippen LogP contribution is 2.29. The third kappa shape index (κ3) is 2.59. The van der Waals surface area contributed by atoms with Crippen LogP contribution in [0.3, 0.4) is 0 Å². The molecule has 1 aliphatic heterocycles. The fourth-order valence-electron chi connectivity index (χ4n) is 2.70. The van der Waals surface area contributed by atoms with E-state index < -0.39 is 0 Å². The summed E-state index contributed by atoms with van der Waals surface area (Å²) in [6.45, 7) is 0.993. The molecule has 1 aromatic heterocycles. The highest BCUT2D eigenvalue weighted by molar-refractivity contribution is 8.93. The highest BCUT2D eigenvalue weighted by atomic mass is 79.9. The Kier molecular flexibility index (Phi) is 4.36. The molecule has 0 spiro atoms. The molecule has 3 aromatic rings. The molecule has 0 N–H and O–H groups in total. The van der Waals surface area contributed by atoms with Crippen molar-refractivity contribution < 1.29 is 8.96 Å². The van der Waals surface area contributed by atoms with Crippen LogP contribution in [0, 0.1) is 5.82 Å². The largest absolute Gasteiger partial charge is 0.323 e. The van der Waals surface area contributed by atoms with Crippen molar-refractivity contribution in [3.63, 3.8) is 0 Å². The standard InChI is InChI=1S/C17H14FN2S.BrH/c18-14-8-6-13(7-9-14)16-12-20(15-4-2-1-3-5-15)17-19(16)10-11-21-17;/h1-9,12H,10-11H2;1H/q+1;. The molecule has 0 amide bonds. The third-order valence-corrected chi connectivity index (χ3v) is 4.76. The zero-order chi connectivity index (χ0) is 14.2. The fraction of sp³-hybridized carbons (Fsp3) is 0.118. The van der Waals surface area contributed by atoms with Crippen molar-refractivity contribution in [2.45, 2.75) is 11.7 Å². The summed E-state index contributed by atoms with van der Waals surface area (Å²) >= 11 is 1.86. The molecule has 0 aliphatic carbocycles. The summed E-state index contributed by atoms with van der Waals surface area (Å²) < 4.78 is 17.7. The average molecular weight is 378 g/mol. The smallest absolute Gasteiger partial charge is 0.216 e. The first-order chi connectivity index (χ1) is 10.3. The Morgan fingerprint density at radius 3 is 2.45 bits per heavy atom. The summed E-state index contributed by atoms with van der Waals surface area (Å²) in [4.78, 5) is 0. The van der Waals surface area contributed by atoms with E-state index in [1.54, 1.807) is 0 Å². The van der Waals surface area contributed by atoms with Gasteiger partial charge in [0.25, 0.3) is 0 Å². The molecule has 4 rings (SSSR count). The van der Waals surface area contributed by atoms with Gasteiger partial charge in [-0.15, -0.1) is 17.0 Å². The molecule has 112 valence electrons. The summed E-state index contributed by atoms with van der Waals surface area (Å²) in [6, 6.07) is 17.0. The van der Waals surface area contributed by atoms with Gasteiger partial charge in [-0.05, 0) is 48.2 Å². The lowest BCUT2D eigenvalue weighted by Gasteiger charge is -1.97. The summed E-state index contributed by atoms with van der Waals surface area (Å²) in [5.74, 6) is 0.884. The molecule has 0 bridgehead atoms. The molecule has 2 heterocycles. The number of halogens is 2. The van der Waals surface area contributed by atoms with Crippen molar-refractivity contribution in [2.24, 2.45) is 0 Å². The maximum atomic E-state index is 13.1. The van der Waals surface area contributed by atoms with Gasteiger partial charge in [-0.25, -0.2) is 8.96 Å². The molecule has 0 radical (unpaired) electrons. The number of hydrogen-bond acceptors (Lipinski definition) is 1. The zero-order valence-electron chi connectivity index (χ0n) is 11.8. The minimum absolute atomic E-state index is 0. The number of thioether (sulfide) groups is 1. The SMILES string of the molecule is Br.Fc1ccc(-c2cn(-c3ccccc3)c3[n+]2CCS3)cc1. The van der Waals surface area contributed by atoms with E-state index in [4.69, 9.17) is 0 Å². The molecule has 2 aromatic carbocycles. The number of imidazole rings is 1. The van der Waals surface area contributed by atoms with Crippen LogP contribution in [0.15, 0.2) is 66.0 Å². The minimum Gasteiger partial charge on any atom is -0.216 e. The summed E-state index contributed by atoms with van der Waals surface area (Å²) in [5.41, 5.74) is 3.35. The second-order valence-corrected chi connectivity index (χ2v) is 6.07. The van der Waals surface area contributed by atoms with Crippen molar-refractivity contribution in [3.05, 3.63) is 66.6 Å². The first-order valence-corrected chi connectivity index (χ1v) is 7.91. The lowest BCUT2D eigenvalue weighted by Crippen LogP contribution is -2.33. The van der Waals surface area contributed by atoms with Gasteiger partial charge in [-0.3, -0.25) is 0 Å². The van der Waals surface area contributed by atoms with E-state index >= 15 is 0 Å². The summed E-state index contributed by atoms with van der Waals surface area (Å²) in [5, 5.41) is 1.24. The van der Waals surface area contributed by atoms with E-state index in [2.05, 4.69) is 27.5 Å². The van der Waals surface area contributed by atoms with Gasteiger partial charge in [0.05, 0.1) is 0 Å². The third-order valence-electron chi connectivity index (χ3n) is 3.70. The number of para-hydroxylation sites is 1. The molecule has 22 heavy (non-hydrogen) atoms. The molecule has 5 heteroatoms. The van der Waals surface area contributed by atoms with Gasteiger partial charge >= 0.3 is 5.16 Å². The van der Waals surface area contributed by atoms with Crippen LogP contribution in [0.2, 0.25) is 0 Å². The lowest BCUT2D eigenvalue weighted by molar-refractivity contribution is -0.713. The van der Waals surface area contributed by atoms with E-state index in [1.807, 2.05) is 42.1 Å². The topological polar surface area (TPSA) is 8.81 Å². The van der Waals surface area contributed by atoms with Crippen LogP contribution in [-0.2, 0) is 6.54 Å². The van der Waals surface area contributed by atoms with Gasteiger partial charge in [0.15, 0.2) is 5.69 Å². The van der Waals surface area contributed by atoms with Gasteiger partial charge in [0.1, 0.15) is 24.2 Å². The van der Waals surface area contributed by atoms with E-state index in [1.165, 1.54) is 17.3 Å². The first kappa shape index (κ1) is 15.3. The van der Waals surface area contributed by atoms with Crippen LogP contribution < -0.4 is 4.57 Å². The number of aromatic nitrogens is 2. The Balaban J connectivity index is 0.00000144. The molecule has 2 nitrogen and oxygen atoms in total. The van der Waals surface area contributed by atoms with E-state index in [-0.39, 0.29) is 22.8 Å². The van der Waals surface area contributed by atoms with Crippen molar-refractivity contribution in [1.29, 1.82) is 0 Å². The second-order valence-electron chi connectivity index (χ2n) is 5.01. The Morgan fingerprint density at radius 2 is 1.73 bits per heavy atom. The van der Waals surface area contributed by atoms with Crippen molar-refractivity contribution in [1.82, 2.24) is 4.57 Å². The van der Waals surface area contributed by atoms with Gasteiger partial charge in [-0.2, -0.15) is 4.57 Å². The summed E-state index contributed by atoms with van der Waals surface area (Å²) in [7, 11) is 0. The van der Waals surface area contributed by atoms with Gasteiger partial charge < -0.3 is 0 Å². The highest BCUT2D eigenvalue weighted by Gasteiger charge is 2.30. The maximum absolute atomic E-state index is 13.1. The Bertz CT molecular complexity index is 784. The Hall–Kier alpha value is -1.59. The molecule has 0 saturated carbocycles. The number of benzene rings is 2. The molecular formula is C17H15BrFN2S+. The molecule has 0 unspecified atom stereocenters. The number of fused-ring (bicyclic) bond motifs is 1. The van der Waals surface area contributed by atoms with Gasteiger partial charge in [0.2, 0.25) is 0 Å². The molecule has 0 saturated heterocycles. The van der Waals surface area contributed by atoms with Gasteiger partial charge in [0, 0.05) is 11.3 Å². The number of nitrogens with zero attached hydrogens (tertiary/aromatic N) is 2. The van der Waals surface area contributed by atoms with Gasteiger partial charge in [-0.1, -0.05) is 18.2 Å². The predicted molar refractivity (Wildman–Crippen MR) is 92.4 cm³/mol. The lowest BCUT2D eigenvalue weighted by atomic mass is 10.1. The molecule has 0 atom stereocenters. The van der Waals surface area contributed by atoms with Crippen molar-refractivity contribution >= 4 is 28.7 Å². The average Bonchev–Trinajstić information content (AvgIpc) is 3.11. The number of rotatable bonds is 2. The van der Waals surface area contributed by atoms with Crippen LogP contribution in [-0.4, -0.2) is 10.3 Å². The van der Waals surface area contributed by atoms with Crippen LogP contribution in [0.1, 0.15) is 0 Å². The predicted octanol–water partition coefficient (Wildman–Crippen LogP) is 4.25. The fourth-order valence-corrected chi connectivity index (χ4v) is 3.80. The van der Waals surface area contributed by atoms with Crippen LogP contribution >= 0.6 is 28.7 Å². The Morgan fingerprint density at radius 1 is 1.00 bits per heavy atom. The van der Waals surface area contributed by atoms with Crippen molar-refractivity contribution in [3.8, 4) is 16.9 Å². The van der Waals surface area contributed by atoms with Crippen LogP contribution in [0.4, 0.5) is 4.39 Å². The Labute approximate surface area is 143 Å². The normalized spacial score (nSPS) is 12.8. The van der Waals surface area contributed by atoms with E-state index in [9.17, 15) is 4.39 Å². The van der Waals surface area contributed by atoms with Crippen molar-refractivity contribution in [2.75, 3.05) is 5.75 Å². The van der Waals surface area contributed by atoms with E-state index in [0.717, 1.165) is 29.2 Å². The van der Waals surface area contributed by atoms with Crippen LogP contribution in [0.25, 0.3) is 16.9 Å². The quantitative estimate of drug-likeness (QED) is 0.606. The molecule has 0 fully saturated rings. The first-order valence-electron chi connectivity index (χ1n) is 6.92. The second kappa shape index (κ2) is 6.26. The summed E-state index contributed by atoms with van der Waals surface area (Å²) in [6.07, 6.45) is 2.14. The monoisotopic (exact) mass is 377 g/mol. The molecule has 1 aliphatic rings. The number of hydrogen-bond donors (Lipinski definition) is 0. The van der Waals surface area contributed by atoms with E-state index in [0.29, 0.717) is 0 Å². The minimum atomic E-state index is -0.197. The van der Waals surface area contributed by atoms with Crippen LogP contribution in [0.5, 0.6) is 0 Å². The molecular weight excluding hydrogens is 363 g/mol.